The van der Waals surface area contributed by atoms with Crippen LogP contribution in [0.2, 0.25) is 0 Å². The van der Waals surface area contributed by atoms with E-state index in [1.807, 2.05) is 0 Å². The minimum absolute atomic E-state index is 0.0998. The molecule has 3 amide bonds. The second-order valence-corrected chi connectivity index (χ2v) is 8.70. The zero-order valence-corrected chi connectivity index (χ0v) is 19.6. The molecule has 172 valence electrons. The summed E-state index contributed by atoms with van der Waals surface area (Å²) in [5, 5.41) is 16.3. The normalized spacial score (nSPS) is 10.3. The standard InChI is InChI=1S/C21H21N5O5S2/c1-12(27)22-14-5-4-6-15(10-14)23-18(28)11-32-21-26-25-20(33-21)24-19(29)13-7-8-16(30-2)17(9-13)31-3/h4-10H,11H2,1-3H3,(H,22,27)(H,23,28)(H,24,25,29). The van der Waals surface area contributed by atoms with Crippen LogP contribution in [-0.4, -0.2) is 47.9 Å². The Kier molecular flexibility index (Phi) is 8.22. The molecule has 0 fully saturated rings. The average Bonchev–Trinajstić information content (AvgIpc) is 3.24. The summed E-state index contributed by atoms with van der Waals surface area (Å²) in [4.78, 5) is 35.9. The smallest absolute Gasteiger partial charge is 0.257 e. The highest BCUT2D eigenvalue weighted by Gasteiger charge is 2.14. The van der Waals surface area contributed by atoms with Crippen molar-refractivity contribution in [3.63, 3.8) is 0 Å². The van der Waals surface area contributed by atoms with Crippen LogP contribution < -0.4 is 25.4 Å². The summed E-state index contributed by atoms with van der Waals surface area (Å²) in [6.45, 7) is 1.41. The van der Waals surface area contributed by atoms with Crippen molar-refractivity contribution < 1.29 is 23.9 Å². The molecule has 0 aliphatic carbocycles. The summed E-state index contributed by atoms with van der Waals surface area (Å²) < 4.78 is 10.9. The summed E-state index contributed by atoms with van der Waals surface area (Å²) in [5.74, 6) is 0.240. The van der Waals surface area contributed by atoms with Crippen molar-refractivity contribution >= 4 is 57.3 Å². The lowest BCUT2D eigenvalue weighted by Gasteiger charge is -2.08. The summed E-state index contributed by atoms with van der Waals surface area (Å²) in [6, 6.07) is 11.7. The van der Waals surface area contributed by atoms with E-state index in [2.05, 4.69) is 26.1 Å². The predicted molar refractivity (Wildman–Crippen MR) is 128 cm³/mol. The first-order valence-electron chi connectivity index (χ1n) is 9.55. The maximum absolute atomic E-state index is 12.5. The molecule has 0 radical (unpaired) electrons. The van der Waals surface area contributed by atoms with Gasteiger partial charge in [0.15, 0.2) is 15.8 Å². The molecule has 3 N–H and O–H groups in total. The van der Waals surface area contributed by atoms with E-state index in [-0.39, 0.29) is 23.5 Å². The highest BCUT2D eigenvalue weighted by molar-refractivity contribution is 8.01. The molecular formula is C21H21N5O5S2. The predicted octanol–water partition coefficient (Wildman–Crippen LogP) is 3.50. The maximum Gasteiger partial charge on any atom is 0.257 e. The number of benzene rings is 2. The topological polar surface area (TPSA) is 132 Å². The number of nitrogens with zero attached hydrogens (tertiary/aromatic N) is 2. The summed E-state index contributed by atoms with van der Waals surface area (Å²) in [5.41, 5.74) is 1.52. The summed E-state index contributed by atoms with van der Waals surface area (Å²) in [6.07, 6.45) is 0. The third-order valence-electron chi connectivity index (χ3n) is 4.07. The number of amides is 3. The Hall–Kier alpha value is -3.64. The maximum atomic E-state index is 12.5. The largest absolute Gasteiger partial charge is 0.493 e. The number of methoxy groups -OCH3 is 2. The quantitative estimate of drug-likeness (QED) is 0.309. The Morgan fingerprint density at radius 2 is 1.67 bits per heavy atom. The van der Waals surface area contributed by atoms with Crippen LogP contribution in [0.5, 0.6) is 11.5 Å². The Bertz CT molecular complexity index is 1170. The number of carbonyl (C=O) groups excluding carboxylic acids is 3. The molecule has 12 heteroatoms. The third kappa shape index (κ3) is 6.92. The van der Waals surface area contributed by atoms with Gasteiger partial charge in [-0.2, -0.15) is 0 Å². The Labute approximate surface area is 198 Å². The molecule has 0 spiro atoms. The zero-order valence-electron chi connectivity index (χ0n) is 18.0. The second kappa shape index (κ2) is 11.3. The Morgan fingerprint density at radius 1 is 0.939 bits per heavy atom. The van der Waals surface area contributed by atoms with Crippen molar-refractivity contribution in [1.82, 2.24) is 10.2 Å². The third-order valence-corrected chi connectivity index (χ3v) is 6.04. The van der Waals surface area contributed by atoms with Crippen molar-refractivity contribution in [3.8, 4) is 11.5 Å². The molecule has 3 aromatic rings. The van der Waals surface area contributed by atoms with Gasteiger partial charge in [0.25, 0.3) is 5.91 Å². The molecule has 0 aliphatic heterocycles. The van der Waals surface area contributed by atoms with Gasteiger partial charge in [0.05, 0.1) is 20.0 Å². The van der Waals surface area contributed by atoms with E-state index >= 15 is 0 Å². The molecule has 0 unspecified atom stereocenters. The van der Waals surface area contributed by atoms with Crippen LogP contribution in [-0.2, 0) is 9.59 Å². The Balaban J connectivity index is 1.53. The molecule has 0 saturated heterocycles. The monoisotopic (exact) mass is 487 g/mol. The van der Waals surface area contributed by atoms with Crippen LogP contribution in [0.4, 0.5) is 16.5 Å². The van der Waals surface area contributed by atoms with E-state index in [0.717, 1.165) is 11.3 Å². The first-order chi connectivity index (χ1) is 15.9. The number of hydrogen-bond donors (Lipinski definition) is 3. The number of aromatic nitrogens is 2. The average molecular weight is 488 g/mol. The highest BCUT2D eigenvalue weighted by atomic mass is 32.2. The molecule has 0 aliphatic rings. The van der Waals surface area contributed by atoms with E-state index in [1.54, 1.807) is 42.5 Å². The van der Waals surface area contributed by atoms with Gasteiger partial charge < -0.3 is 20.1 Å². The first kappa shape index (κ1) is 24.0. The van der Waals surface area contributed by atoms with Crippen molar-refractivity contribution in [1.29, 1.82) is 0 Å². The molecule has 1 heterocycles. The summed E-state index contributed by atoms with van der Waals surface area (Å²) >= 11 is 2.35. The SMILES string of the molecule is COc1ccc(C(=O)Nc2nnc(SCC(=O)Nc3cccc(NC(C)=O)c3)s2)cc1OC. The molecular weight excluding hydrogens is 466 g/mol. The number of carbonyl (C=O) groups is 3. The van der Waals surface area contributed by atoms with Crippen LogP contribution in [0.25, 0.3) is 0 Å². The highest BCUT2D eigenvalue weighted by Crippen LogP contribution is 2.29. The number of nitrogens with one attached hydrogen (secondary N) is 3. The van der Waals surface area contributed by atoms with E-state index in [4.69, 9.17) is 9.47 Å². The fourth-order valence-corrected chi connectivity index (χ4v) is 4.21. The van der Waals surface area contributed by atoms with Crippen LogP contribution in [0.15, 0.2) is 46.8 Å². The number of thioether (sulfide) groups is 1. The van der Waals surface area contributed by atoms with Gasteiger partial charge >= 0.3 is 0 Å². The van der Waals surface area contributed by atoms with Gasteiger partial charge in [0, 0.05) is 23.9 Å². The van der Waals surface area contributed by atoms with Crippen molar-refractivity contribution in [3.05, 3.63) is 48.0 Å². The molecule has 33 heavy (non-hydrogen) atoms. The van der Waals surface area contributed by atoms with Gasteiger partial charge in [-0.1, -0.05) is 29.2 Å². The number of hydrogen-bond acceptors (Lipinski definition) is 9. The van der Waals surface area contributed by atoms with Crippen molar-refractivity contribution in [2.45, 2.75) is 11.3 Å². The lowest BCUT2D eigenvalue weighted by atomic mass is 10.2. The molecule has 3 rings (SSSR count). The molecule has 1 aromatic heterocycles. The Morgan fingerprint density at radius 3 is 2.36 bits per heavy atom. The van der Waals surface area contributed by atoms with Gasteiger partial charge in [0.1, 0.15) is 0 Å². The van der Waals surface area contributed by atoms with E-state index < -0.39 is 0 Å². The fraction of sp³-hybridized carbons (Fsp3) is 0.190. The first-order valence-corrected chi connectivity index (χ1v) is 11.4. The van der Waals surface area contributed by atoms with Gasteiger partial charge in [-0.05, 0) is 36.4 Å². The van der Waals surface area contributed by atoms with Crippen LogP contribution >= 0.6 is 23.1 Å². The molecule has 0 atom stereocenters. The summed E-state index contributed by atoms with van der Waals surface area (Å²) in [7, 11) is 3.00. The van der Waals surface area contributed by atoms with E-state index in [0.29, 0.717) is 37.9 Å². The van der Waals surface area contributed by atoms with E-state index in [1.165, 1.54) is 32.9 Å². The molecule has 10 nitrogen and oxygen atoms in total. The van der Waals surface area contributed by atoms with Crippen LogP contribution in [0.3, 0.4) is 0 Å². The lowest BCUT2D eigenvalue weighted by molar-refractivity contribution is -0.114. The van der Waals surface area contributed by atoms with Crippen molar-refractivity contribution in [2.24, 2.45) is 0 Å². The molecule has 0 bridgehead atoms. The number of anilines is 3. The van der Waals surface area contributed by atoms with Gasteiger partial charge in [-0.15, -0.1) is 10.2 Å². The van der Waals surface area contributed by atoms with Gasteiger partial charge in [-0.3, -0.25) is 19.7 Å². The van der Waals surface area contributed by atoms with Gasteiger partial charge in [0.2, 0.25) is 16.9 Å². The minimum Gasteiger partial charge on any atom is -0.493 e. The minimum atomic E-state index is -0.375. The number of ether oxygens (including phenoxy) is 2. The second-order valence-electron chi connectivity index (χ2n) is 6.50. The fourth-order valence-electron chi connectivity index (χ4n) is 2.67. The van der Waals surface area contributed by atoms with Gasteiger partial charge in [-0.25, -0.2) is 0 Å². The zero-order chi connectivity index (χ0) is 23.8. The van der Waals surface area contributed by atoms with Crippen LogP contribution in [0.1, 0.15) is 17.3 Å². The molecule has 0 saturated carbocycles. The lowest BCUT2D eigenvalue weighted by Crippen LogP contribution is -2.14. The number of rotatable bonds is 9. The van der Waals surface area contributed by atoms with Crippen molar-refractivity contribution in [2.75, 3.05) is 35.9 Å². The van der Waals surface area contributed by atoms with E-state index in [9.17, 15) is 14.4 Å². The molecule has 2 aromatic carbocycles. The van der Waals surface area contributed by atoms with Crippen LogP contribution in [0, 0.1) is 0 Å².